The Morgan fingerprint density at radius 2 is 1.55 bits per heavy atom. The van der Waals surface area contributed by atoms with Gasteiger partial charge in [0.15, 0.2) is 11.1 Å². The van der Waals surface area contributed by atoms with E-state index in [0.717, 1.165) is 0 Å². The largest absolute Gasteiger partial charge is 0.501 e. The van der Waals surface area contributed by atoms with Crippen LogP contribution >= 0.6 is 0 Å². The summed E-state index contributed by atoms with van der Waals surface area (Å²) in [6.07, 6.45) is 0.365. The van der Waals surface area contributed by atoms with Crippen molar-refractivity contribution in [3.63, 3.8) is 0 Å². The van der Waals surface area contributed by atoms with Gasteiger partial charge in [0.1, 0.15) is 0 Å². The van der Waals surface area contributed by atoms with Gasteiger partial charge >= 0.3 is 0 Å². The van der Waals surface area contributed by atoms with Gasteiger partial charge in [-0.3, -0.25) is 0 Å². The van der Waals surface area contributed by atoms with Crippen LogP contribution in [-0.2, 0) is 9.47 Å². The number of nitrogens with zero attached hydrogens (tertiary/aromatic N) is 4. The number of nitriles is 2. The SMILES string of the molecule is CO/C(C)=C(\C)C(C)(C#N)N=NC(C)(C#N)CC(C)(C)OC. The van der Waals surface area contributed by atoms with Crippen molar-refractivity contribution in [2.75, 3.05) is 14.2 Å². The molecule has 6 heteroatoms. The molecule has 0 radical (unpaired) electrons. The van der Waals surface area contributed by atoms with Crippen molar-refractivity contribution in [2.24, 2.45) is 10.2 Å². The maximum absolute atomic E-state index is 9.45. The molecule has 122 valence electrons. The molecule has 0 heterocycles. The average Bonchev–Trinajstić information content (AvgIpc) is 2.50. The van der Waals surface area contributed by atoms with Gasteiger partial charge in [-0.25, -0.2) is 0 Å². The molecule has 0 rings (SSSR count). The lowest BCUT2D eigenvalue weighted by Gasteiger charge is -2.29. The zero-order valence-electron chi connectivity index (χ0n) is 14.8. The standard InChI is InChI=1S/C16H26N4O2/c1-12(13(2)21-7)16(6,11-18)20-19-15(5,10-17)9-14(3,4)22-8/h9H2,1-8H3/b13-12+,20-19?. The Kier molecular flexibility index (Phi) is 6.73. The Morgan fingerprint density at radius 1 is 1.00 bits per heavy atom. The van der Waals surface area contributed by atoms with E-state index in [4.69, 9.17) is 9.47 Å². The van der Waals surface area contributed by atoms with Crippen molar-refractivity contribution in [3.05, 3.63) is 11.3 Å². The fourth-order valence-corrected chi connectivity index (χ4v) is 1.89. The lowest BCUT2D eigenvalue weighted by atomic mass is 9.89. The lowest BCUT2D eigenvalue weighted by molar-refractivity contribution is 0.00469. The highest BCUT2D eigenvalue weighted by Gasteiger charge is 2.35. The second-order valence-corrected chi connectivity index (χ2v) is 6.30. The molecule has 0 spiro atoms. The van der Waals surface area contributed by atoms with Crippen molar-refractivity contribution in [2.45, 2.75) is 64.6 Å². The van der Waals surface area contributed by atoms with Crippen molar-refractivity contribution in [3.8, 4) is 12.1 Å². The van der Waals surface area contributed by atoms with Gasteiger partial charge in [-0.05, 0) is 41.5 Å². The molecule has 0 aliphatic heterocycles. The molecule has 0 aliphatic carbocycles. The number of allylic oxidation sites excluding steroid dienone is 1. The Hall–Kier alpha value is -1.92. The van der Waals surface area contributed by atoms with E-state index in [0.29, 0.717) is 17.8 Å². The summed E-state index contributed by atoms with van der Waals surface area (Å²) in [5, 5.41) is 27.2. The summed E-state index contributed by atoms with van der Waals surface area (Å²) < 4.78 is 10.5. The highest BCUT2D eigenvalue weighted by Crippen LogP contribution is 2.30. The summed E-state index contributed by atoms with van der Waals surface area (Å²) in [5.74, 6) is 0.610. The van der Waals surface area contributed by atoms with Gasteiger partial charge in [-0.15, -0.1) is 0 Å². The summed E-state index contributed by atoms with van der Waals surface area (Å²) >= 11 is 0. The van der Waals surface area contributed by atoms with Crippen molar-refractivity contribution in [1.29, 1.82) is 10.5 Å². The average molecular weight is 306 g/mol. The lowest BCUT2D eigenvalue weighted by Crippen LogP contribution is -2.35. The zero-order chi connectivity index (χ0) is 17.6. The quantitative estimate of drug-likeness (QED) is 0.529. The third-order valence-electron chi connectivity index (χ3n) is 3.82. The molecule has 2 unspecified atom stereocenters. The summed E-state index contributed by atoms with van der Waals surface area (Å²) in [6, 6.07) is 4.28. The van der Waals surface area contributed by atoms with Crippen LogP contribution < -0.4 is 0 Å². The van der Waals surface area contributed by atoms with Gasteiger partial charge in [0.25, 0.3) is 0 Å². The molecule has 0 N–H and O–H groups in total. The molecule has 0 aromatic carbocycles. The van der Waals surface area contributed by atoms with Crippen LogP contribution in [0.15, 0.2) is 21.6 Å². The summed E-state index contributed by atoms with van der Waals surface area (Å²) in [4.78, 5) is 0. The van der Waals surface area contributed by atoms with E-state index in [9.17, 15) is 10.5 Å². The molecule has 22 heavy (non-hydrogen) atoms. The molecule has 0 fully saturated rings. The Balaban J connectivity index is 5.62. The van der Waals surface area contributed by atoms with Crippen molar-refractivity contribution < 1.29 is 9.47 Å². The minimum Gasteiger partial charge on any atom is -0.501 e. The molecule has 0 aliphatic rings. The van der Waals surface area contributed by atoms with Crippen LogP contribution in [0.25, 0.3) is 0 Å². The van der Waals surface area contributed by atoms with Gasteiger partial charge < -0.3 is 9.47 Å². The molecule has 0 bridgehead atoms. The van der Waals surface area contributed by atoms with E-state index in [1.807, 2.05) is 13.8 Å². The van der Waals surface area contributed by atoms with Crippen LogP contribution in [0, 0.1) is 22.7 Å². The molecule has 0 aromatic rings. The molecule has 2 atom stereocenters. The monoisotopic (exact) mass is 306 g/mol. The smallest absolute Gasteiger partial charge is 0.188 e. The molecule has 0 aromatic heterocycles. The third-order valence-corrected chi connectivity index (χ3v) is 3.82. The number of azo groups is 1. The first-order chi connectivity index (χ1) is 9.99. The van der Waals surface area contributed by atoms with E-state index in [1.165, 1.54) is 7.11 Å². The predicted molar refractivity (Wildman–Crippen MR) is 84.0 cm³/mol. The maximum atomic E-state index is 9.45. The van der Waals surface area contributed by atoms with Crippen LogP contribution in [-0.4, -0.2) is 30.9 Å². The predicted octanol–water partition coefficient (Wildman–Crippen LogP) is 3.76. The van der Waals surface area contributed by atoms with Crippen LogP contribution in [0.1, 0.15) is 48.0 Å². The first kappa shape index (κ1) is 20.1. The van der Waals surface area contributed by atoms with Crippen molar-refractivity contribution in [1.82, 2.24) is 0 Å². The van der Waals surface area contributed by atoms with Gasteiger partial charge in [0, 0.05) is 19.1 Å². The minimum absolute atomic E-state index is 0.365. The molecule has 6 nitrogen and oxygen atoms in total. The van der Waals surface area contributed by atoms with Crippen LogP contribution in [0.2, 0.25) is 0 Å². The maximum Gasteiger partial charge on any atom is 0.188 e. The Labute approximate surface area is 133 Å². The van der Waals surface area contributed by atoms with Crippen LogP contribution in [0.5, 0.6) is 0 Å². The Morgan fingerprint density at radius 3 is 1.91 bits per heavy atom. The number of ether oxygens (including phenoxy) is 2. The van der Waals surface area contributed by atoms with Crippen LogP contribution in [0.3, 0.4) is 0 Å². The summed E-state index contributed by atoms with van der Waals surface area (Å²) in [7, 11) is 3.12. The fraction of sp³-hybridized carbons (Fsp3) is 0.750. The normalized spacial score (nSPS) is 18.6. The van der Waals surface area contributed by atoms with Gasteiger partial charge in [0.2, 0.25) is 0 Å². The third kappa shape index (κ3) is 5.13. The van der Waals surface area contributed by atoms with Gasteiger partial charge in [-0.2, -0.15) is 20.8 Å². The van der Waals surface area contributed by atoms with Crippen molar-refractivity contribution >= 4 is 0 Å². The topological polar surface area (TPSA) is 90.8 Å². The molecule has 0 amide bonds. The van der Waals surface area contributed by atoms with E-state index in [1.54, 1.807) is 34.8 Å². The highest BCUT2D eigenvalue weighted by molar-refractivity contribution is 5.29. The van der Waals surface area contributed by atoms with Crippen LogP contribution in [0.4, 0.5) is 0 Å². The number of rotatable bonds is 7. The highest BCUT2D eigenvalue weighted by atomic mass is 16.5. The fourth-order valence-electron chi connectivity index (χ4n) is 1.89. The van der Waals surface area contributed by atoms with E-state index < -0.39 is 16.7 Å². The molecular weight excluding hydrogens is 280 g/mol. The first-order valence-corrected chi connectivity index (χ1v) is 7.03. The molecule has 0 saturated heterocycles. The summed E-state index contributed by atoms with van der Waals surface area (Å²) in [5.41, 5.74) is -2.10. The second kappa shape index (κ2) is 7.38. The first-order valence-electron chi connectivity index (χ1n) is 7.03. The number of hydrogen-bond donors (Lipinski definition) is 0. The van der Waals surface area contributed by atoms with E-state index in [-0.39, 0.29) is 0 Å². The van der Waals surface area contributed by atoms with Gasteiger partial charge in [0.05, 0.1) is 30.6 Å². The number of hydrogen-bond acceptors (Lipinski definition) is 6. The van der Waals surface area contributed by atoms with E-state index in [2.05, 4.69) is 22.4 Å². The Bertz CT molecular complexity index is 539. The van der Waals surface area contributed by atoms with E-state index >= 15 is 0 Å². The van der Waals surface area contributed by atoms with Gasteiger partial charge in [-0.1, -0.05) is 0 Å². The molecular formula is C16H26N4O2. The number of methoxy groups -OCH3 is 2. The second-order valence-electron chi connectivity index (χ2n) is 6.30. The summed E-state index contributed by atoms with van der Waals surface area (Å²) in [6.45, 7) is 10.6. The zero-order valence-corrected chi connectivity index (χ0v) is 14.8. The minimum atomic E-state index is -1.17. The molecule has 0 saturated carbocycles.